The molecule has 2 heteroatoms. The monoisotopic (exact) mass is 170 g/mol. The van der Waals surface area contributed by atoms with Gasteiger partial charge in [-0.1, -0.05) is 12.8 Å². The molecule has 0 bridgehead atoms. The highest BCUT2D eigenvalue weighted by molar-refractivity contribution is 4.91. The molecule has 2 rings (SSSR count). The summed E-state index contributed by atoms with van der Waals surface area (Å²) in [5, 5.41) is 10.1. The summed E-state index contributed by atoms with van der Waals surface area (Å²) in [6.07, 6.45) is 5.79. The van der Waals surface area contributed by atoms with E-state index in [1.807, 2.05) is 6.92 Å². The highest BCUT2D eigenvalue weighted by Gasteiger charge is 2.40. The molecule has 1 heterocycles. The minimum atomic E-state index is -0.497. The molecule has 0 aromatic rings. The van der Waals surface area contributed by atoms with Gasteiger partial charge in [-0.05, 0) is 25.7 Å². The van der Waals surface area contributed by atoms with E-state index in [4.69, 9.17) is 4.74 Å². The van der Waals surface area contributed by atoms with Crippen LogP contribution in [0.4, 0.5) is 0 Å². The molecule has 1 aliphatic heterocycles. The van der Waals surface area contributed by atoms with Gasteiger partial charge in [0, 0.05) is 13.0 Å². The van der Waals surface area contributed by atoms with Crippen molar-refractivity contribution in [3.63, 3.8) is 0 Å². The van der Waals surface area contributed by atoms with E-state index < -0.39 is 5.60 Å². The van der Waals surface area contributed by atoms with Crippen LogP contribution in [0.25, 0.3) is 0 Å². The average molecular weight is 170 g/mol. The Labute approximate surface area is 73.9 Å². The zero-order chi connectivity index (χ0) is 8.60. The predicted octanol–water partition coefficient (Wildman–Crippen LogP) is 1.72. The number of rotatable bonds is 3. The number of ether oxygens (including phenoxy) is 1. The van der Waals surface area contributed by atoms with Gasteiger partial charge < -0.3 is 9.84 Å². The lowest BCUT2D eigenvalue weighted by Gasteiger charge is -2.25. The molecule has 0 aromatic heterocycles. The normalized spacial score (nSPS) is 42.0. The van der Waals surface area contributed by atoms with E-state index in [0.29, 0.717) is 0 Å². The highest BCUT2D eigenvalue weighted by atomic mass is 16.5. The first-order valence-electron chi connectivity index (χ1n) is 5.05. The molecule has 0 amide bonds. The van der Waals surface area contributed by atoms with E-state index in [1.165, 1.54) is 19.3 Å². The second kappa shape index (κ2) is 3.00. The summed E-state index contributed by atoms with van der Waals surface area (Å²) < 4.78 is 5.37. The van der Waals surface area contributed by atoms with Crippen LogP contribution in [0.1, 0.15) is 39.0 Å². The number of aliphatic hydroxyl groups is 1. The van der Waals surface area contributed by atoms with Crippen LogP contribution in [-0.2, 0) is 4.74 Å². The summed E-state index contributed by atoms with van der Waals surface area (Å²) in [6.45, 7) is 2.72. The molecule has 2 fully saturated rings. The zero-order valence-electron chi connectivity index (χ0n) is 7.75. The molecule has 2 aliphatic rings. The topological polar surface area (TPSA) is 29.5 Å². The van der Waals surface area contributed by atoms with Crippen molar-refractivity contribution < 1.29 is 9.84 Å². The molecule has 0 aromatic carbocycles. The van der Waals surface area contributed by atoms with Crippen molar-refractivity contribution in [2.24, 2.45) is 5.92 Å². The van der Waals surface area contributed by atoms with E-state index in [2.05, 4.69) is 0 Å². The van der Waals surface area contributed by atoms with Crippen molar-refractivity contribution >= 4 is 0 Å². The third kappa shape index (κ3) is 1.64. The minimum absolute atomic E-state index is 0.0521. The van der Waals surface area contributed by atoms with Crippen molar-refractivity contribution in [3.05, 3.63) is 0 Å². The molecule has 12 heavy (non-hydrogen) atoms. The average Bonchev–Trinajstić information content (AvgIpc) is 2.79. The fraction of sp³-hybridized carbons (Fsp3) is 1.00. The number of hydrogen-bond donors (Lipinski definition) is 1. The zero-order valence-corrected chi connectivity index (χ0v) is 7.75. The van der Waals surface area contributed by atoms with Crippen molar-refractivity contribution in [2.45, 2.75) is 50.7 Å². The lowest BCUT2D eigenvalue weighted by atomic mass is 9.90. The maximum Gasteiger partial charge on any atom is 0.0927 e. The SMILES string of the molecule is CC1OCCC1(O)CCC1CC1. The van der Waals surface area contributed by atoms with Gasteiger partial charge in [0.1, 0.15) is 0 Å². The van der Waals surface area contributed by atoms with Gasteiger partial charge in [0.2, 0.25) is 0 Å². The molecule has 70 valence electrons. The van der Waals surface area contributed by atoms with Gasteiger partial charge in [-0.25, -0.2) is 0 Å². The predicted molar refractivity (Wildman–Crippen MR) is 46.9 cm³/mol. The second-order valence-corrected chi connectivity index (χ2v) is 4.35. The van der Waals surface area contributed by atoms with Gasteiger partial charge >= 0.3 is 0 Å². The summed E-state index contributed by atoms with van der Waals surface area (Å²) in [6, 6.07) is 0. The Morgan fingerprint density at radius 2 is 2.25 bits per heavy atom. The van der Waals surface area contributed by atoms with Gasteiger partial charge in [0.05, 0.1) is 11.7 Å². The smallest absolute Gasteiger partial charge is 0.0927 e. The Hall–Kier alpha value is -0.0800. The van der Waals surface area contributed by atoms with E-state index in [9.17, 15) is 5.11 Å². The lowest BCUT2D eigenvalue weighted by molar-refractivity contribution is -0.0350. The molecule has 2 unspecified atom stereocenters. The van der Waals surface area contributed by atoms with Crippen molar-refractivity contribution in [3.8, 4) is 0 Å². The molecule has 0 spiro atoms. The second-order valence-electron chi connectivity index (χ2n) is 4.35. The van der Waals surface area contributed by atoms with Gasteiger partial charge in [0.25, 0.3) is 0 Å². The summed E-state index contributed by atoms with van der Waals surface area (Å²) in [5.74, 6) is 0.918. The third-order valence-electron chi connectivity index (χ3n) is 3.34. The molecular formula is C10H18O2. The maximum atomic E-state index is 10.1. The quantitative estimate of drug-likeness (QED) is 0.698. The van der Waals surface area contributed by atoms with Gasteiger partial charge in [-0.2, -0.15) is 0 Å². The molecule has 1 N–H and O–H groups in total. The van der Waals surface area contributed by atoms with Gasteiger partial charge in [0.15, 0.2) is 0 Å². The fourth-order valence-electron chi connectivity index (χ4n) is 1.96. The summed E-state index contributed by atoms with van der Waals surface area (Å²) in [4.78, 5) is 0. The lowest BCUT2D eigenvalue weighted by Crippen LogP contribution is -2.36. The fourth-order valence-corrected chi connectivity index (χ4v) is 1.96. The van der Waals surface area contributed by atoms with Crippen molar-refractivity contribution in [1.29, 1.82) is 0 Å². The van der Waals surface area contributed by atoms with E-state index >= 15 is 0 Å². The molecular weight excluding hydrogens is 152 g/mol. The van der Waals surface area contributed by atoms with Gasteiger partial charge in [-0.3, -0.25) is 0 Å². The van der Waals surface area contributed by atoms with Crippen LogP contribution >= 0.6 is 0 Å². The van der Waals surface area contributed by atoms with Crippen molar-refractivity contribution in [1.82, 2.24) is 0 Å². The number of hydrogen-bond acceptors (Lipinski definition) is 2. The third-order valence-corrected chi connectivity index (χ3v) is 3.34. The summed E-state index contributed by atoms with van der Waals surface area (Å²) in [7, 11) is 0. The van der Waals surface area contributed by atoms with Crippen molar-refractivity contribution in [2.75, 3.05) is 6.61 Å². The highest BCUT2D eigenvalue weighted by Crippen LogP contribution is 2.38. The minimum Gasteiger partial charge on any atom is -0.387 e. The first kappa shape index (κ1) is 8.52. The van der Waals surface area contributed by atoms with E-state index in [1.54, 1.807) is 0 Å². The largest absolute Gasteiger partial charge is 0.387 e. The van der Waals surface area contributed by atoms with E-state index in [-0.39, 0.29) is 6.10 Å². The Morgan fingerprint density at radius 1 is 1.50 bits per heavy atom. The van der Waals surface area contributed by atoms with Crippen LogP contribution in [0.15, 0.2) is 0 Å². The molecule has 1 saturated carbocycles. The maximum absolute atomic E-state index is 10.1. The summed E-state index contributed by atoms with van der Waals surface area (Å²) in [5.41, 5.74) is -0.497. The van der Waals surface area contributed by atoms with Crippen LogP contribution in [0.5, 0.6) is 0 Å². The van der Waals surface area contributed by atoms with Crippen LogP contribution in [0.3, 0.4) is 0 Å². The Kier molecular flexibility index (Phi) is 2.13. The van der Waals surface area contributed by atoms with Gasteiger partial charge in [-0.15, -0.1) is 0 Å². The van der Waals surface area contributed by atoms with E-state index in [0.717, 1.165) is 25.4 Å². The molecule has 0 radical (unpaired) electrons. The standard InChI is InChI=1S/C10H18O2/c1-8-10(11,6-7-12-8)5-4-9-2-3-9/h8-9,11H,2-7H2,1H3. The van der Waals surface area contributed by atoms with Crippen LogP contribution in [0, 0.1) is 5.92 Å². The first-order valence-corrected chi connectivity index (χ1v) is 5.05. The molecule has 2 nitrogen and oxygen atoms in total. The molecule has 1 saturated heterocycles. The Bertz CT molecular complexity index is 165. The van der Waals surface area contributed by atoms with Crippen LogP contribution < -0.4 is 0 Å². The van der Waals surface area contributed by atoms with Crippen LogP contribution in [-0.4, -0.2) is 23.4 Å². The Balaban J connectivity index is 1.82. The molecule has 2 atom stereocenters. The molecule has 1 aliphatic carbocycles. The first-order chi connectivity index (χ1) is 5.71. The van der Waals surface area contributed by atoms with Crippen LogP contribution in [0.2, 0.25) is 0 Å². The summed E-state index contributed by atoms with van der Waals surface area (Å²) >= 11 is 0. The Morgan fingerprint density at radius 3 is 2.75 bits per heavy atom.